The lowest BCUT2D eigenvalue weighted by molar-refractivity contribution is -0.118. The molecule has 0 fully saturated rings. The summed E-state index contributed by atoms with van der Waals surface area (Å²) in [4.78, 5) is 25.0. The van der Waals surface area contributed by atoms with Gasteiger partial charge in [0.2, 0.25) is 0 Å². The van der Waals surface area contributed by atoms with Crippen LogP contribution in [0.5, 0.6) is 0 Å². The van der Waals surface area contributed by atoms with E-state index in [1.807, 2.05) is 44.2 Å². The number of aliphatic hydroxyl groups excluding tert-OH is 1. The van der Waals surface area contributed by atoms with Crippen LogP contribution in [-0.4, -0.2) is 39.2 Å². The molecular formula is C19H25N3O3. The fraction of sp³-hybridized carbons (Fsp3) is 0.421. The third kappa shape index (κ3) is 4.33. The van der Waals surface area contributed by atoms with Crippen LogP contribution in [0.25, 0.3) is 5.69 Å². The molecule has 1 unspecified atom stereocenters. The number of nitrogens with zero attached hydrogens (tertiary/aromatic N) is 2. The van der Waals surface area contributed by atoms with Crippen molar-refractivity contribution >= 4 is 11.7 Å². The molecule has 0 radical (unpaired) electrons. The van der Waals surface area contributed by atoms with Gasteiger partial charge in [-0.3, -0.25) is 9.59 Å². The number of aromatic nitrogens is 2. The third-order valence-corrected chi connectivity index (χ3v) is 4.04. The molecule has 2 rings (SSSR count). The predicted octanol–water partition coefficient (Wildman–Crippen LogP) is 2.20. The summed E-state index contributed by atoms with van der Waals surface area (Å²) >= 11 is 0. The summed E-state index contributed by atoms with van der Waals surface area (Å²) in [5.41, 5.74) is 2.26. The minimum atomic E-state index is -0.710. The van der Waals surface area contributed by atoms with E-state index in [1.165, 1.54) is 0 Å². The molecule has 2 N–H and O–H groups in total. The van der Waals surface area contributed by atoms with E-state index in [0.29, 0.717) is 29.3 Å². The van der Waals surface area contributed by atoms with E-state index in [1.54, 1.807) is 18.5 Å². The van der Waals surface area contributed by atoms with Gasteiger partial charge in [-0.2, -0.15) is 5.10 Å². The van der Waals surface area contributed by atoms with Crippen molar-refractivity contribution in [2.75, 3.05) is 6.61 Å². The summed E-state index contributed by atoms with van der Waals surface area (Å²) in [5, 5.41) is 16.4. The first kappa shape index (κ1) is 18.9. The van der Waals surface area contributed by atoms with E-state index in [2.05, 4.69) is 10.4 Å². The molecular weight excluding hydrogens is 318 g/mol. The van der Waals surface area contributed by atoms with E-state index in [9.17, 15) is 14.7 Å². The lowest BCUT2D eigenvalue weighted by atomic mass is 10.0. The zero-order valence-electron chi connectivity index (χ0n) is 15.1. The average Bonchev–Trinajstić information content (AvgIpc) is 2.88. The summed E-state index contributed by atoms with van der Waals surface area (Å²) < 4.78 is 1.66. The number of nitrogens with one attached hydrogen (secondary N) is 1. The van der Waals surface area contributed by atoms with E-state index in [0.717, 1.165) is 5.69 Å². The SMILES string of the molecule is Cc1nn(-c2ccccc2)c(C)c1C(=O)C(=O)NC(CO)CC(C)C. The molecule has 0 aliphatic rings. The van der Waals surface area contributed by atoms with Crippen LogP contribution in [0.1, 0.15) is 42.0 Å². The highest BCUT2D eigenvalue weighted by Gasteiger charge is 2.26. The lowest BCUT2D eigenvalue weighted by Crippen LogP contribution is -2.42. The average molecular weight is 343 g/mol. The first-order valence-corrected chi connectivity index (χ1v) is 8.42. The molecule has 1 amide bonds. The Morgan fingerprint density at radius 2 is 1.84 bits per heavy atom. The Morgan fingerprint density at radius 1 is 1.20 bits per heavy atom. The molecule has 0 saturated carbocycles. The monoisotopic (exact) mass is 343 g/mol. The molecule has 0 spiro atoms. The van der Waals surface area contributed by atoms with Crippen molar-refractivity contribution in [3.8, 4) is 5.69 Å². The summed E-state index contributed by atoms with van der Waals surface area (Å²) in [6, 6.07) is 9.02. The standard InChI is InChI=1S/C19H25N3O3/c1-12(2)10-15(11-23)20-19(25)18(24)17-13(3)21-22(14(17)4)16-8-6-5-7-9-16/h5-9,12,15,23H,10-11H2,1-4H3,(H,20,25). The van der Waals surface area contributed by atoms with E-state index in [-0.39, 0.29) is 6.61 Å². The van der Waals surface area contributed by atoms with Crippen LogP contribution in [0.2, 0.25) is 0 Å². The molecule has 0 aliphatic heterocycles. The van der Waals surface area contributed by atoms with Crippen LogP contribution in [-0.2, 0) is 4.79 Å². The number of aryl methyl sites for hydroxylation is 1. The maximum atomic E-state index is 12.6. The van der Waals surface area contributed by atoms with Gasteiger partial charge in [0.25, 0.3) is 11.7 Å². The van der Waals surface area contributed by atoms with Crippen LogP contribution in [0.4, 0.5) is 0 Å². The second-order valence-electron chi connectivity index (χ2n) is 6.60. The van der Waals surface area contributed by atoms with Crippen LogP contribution in [0.3, 0.4) is 0 Å². The molecule has 1 heterocycles. The van der Waals surface area contributed by atoms with Crippen molar-refractivity contribution < 1.29 is 14.7 Å². The van der Waals surface area contributed by atoms with Gasteiger partial charge < -0.3 is 10.4 Å². The quantitative estimate of drug-likeness (QED) is 0.596. The predicted molar refractivity (Wildman–Crippen MR) is 95.8 cm³/mol. The lowest BCUT2D eigenvalue weighted by Gasteiger charge is -2.17. The van der Waals surface area contributed by atoms with E-state index < -0.39 is 17.7 Å². The summed E-state index contributed by atoms with van der Waals surface area (Å²) in [5.74, 6) is -1.03. The molecule has 134 valence electrons. The molecule has 6 heteroatoms. The van der Waals surface area contributed by atoms with Gasteiger partial charge in [-0.05, 0) is 38.3 Å². The number of Topliss-reactive ketones (excluding diaryl/α,β-unsaturated/α-hetero) is 1. The number of rotatable bonds is 7. The van der Waals surface area contributed by atoms with Gasteiger partial charge in [-0.15, -0.1) is 0 Å². The topological polar surface area (TPSA) is 84.2 Å². The Balaban J connectivity index is 2.25. The van der Waals surface area contributed by atoms with Gasteiger partial charge in [0.15, 0.2) is 0 Å². The second kappa shape index (κ2) is 8.07. The van der Waals surface area contributed by atoms with Crippen LogP contribution in [0.15, 0.2) is 30.3 Å². The molecule has 2 aromatic rings. The highest BCUT2D eigenvalue weighted by molar-refractivity contribution is 6.43. The van der Waals surface area contributed by atoms with Gasteiger partial charge in [0.1, 0.15) is 0 Å². The number of para-hydroxylation sites is 1. The van der Waals surface area contributed by atoms with Crippen molar-refractivity contribution in [1.82, 2.24) is 15.1 Å². The fourth-order valence-corrected chi connectivity index (χ4v) is 2.90. The zero-order valence-corrected chi connectivity index (χ0v) is 15.1. The minimum Gasteiger partial charge on any atom is -0.394 e. The van der Waals surface area contributed by atoms with Crippen LogP contribution in [0, 0.1) is 19.8 Å². The van der Waals surface area contributed by atoms with Crippen molar-refractivity contribution in [2.24, 2.45) is 5.92 Å². The molecule has 25 heavy (non-hydrogen) atoms. The van der Waals surface area contributed by atoms with E-state index >= 15 is 0 Å². The first-order chi connectivity index (χ1) is 11.8. The van der Waals surface area contributed by atoms with Gasteiger partial charge in [-0.25, -0.2) is 4.68 Å². The normalized spacial score (nSPS) is 12.2. The van der Waals surface area contributed by atoms with Crippen molar-refractivity contribution in [1.29, 1.82) is 0 Å². The molecule has 1 aromatic carbocycles. The summed E-state index contributed by atoms with van der Waals surface area (Å²) in [7, 11) is 0. The van der Waals surface area contributed by atoms with Crippen molar-refractivity contribution in [2.45, 2.75) is 40.2 Å². The largest absolute Gasteiger partial charge is 0.394 e. The second-order valence-corrected chi connectivity index (χ2v) is 6.60. The number of aliphatic hydroxyl groups is 1. The summed E-state index contributed by atoms with van der Waals surface area (Å²) in [6.45, 7) is 7.28. The van der Waals surface area contributed by atoms with Gasteiger partial charge >= 0.3 is 0 Å². The number of amides is 1. The Hall–Kier alpha value is -2.47. The number of ketones is 1. The number of carbonyl (C=O) groups is 2. The Morgan fingerprint density at radius 3 is 2.40 bits per heavy atom. The zero-order chi connectivity index (χ0) is 18.6. The number of benzene rings is 1. The number of hydrogen-bond acceptors (Lipinski definition) is 4. The third-order valence-electron chi connectivity index (χ3n) is 4.04. The smallest absolute Gasteiger partial charge is 0.292 e. The maximum Gasteiger partial charge on any atom is 0.292 e. The number of hydrogen-bond donors (Lipinski definition) is 2. The van der Waals surface area contributed by atoms with Crippen molar-refractivity contribution in [3.63, 3.8) is 0 Å². The van der Waals surface area contributed by atoms with Gasteiger partial charge in [-0.1, -0.05) is 32.0 Å². The van der Waals surface area contributed by atoms with Crippen LogP contribution >= 0.6 is 0 Å². The maximum absolute atomic E-state index is 12.6. The molecule has 6 nitrogen and oxygen atoms in total. The van der Waals surface area contributed by atoms with Crippen molar-refractivity contribution in [3.05, 3.63) is 47.3 Å². The molecule has 1 aromatic heterocycles. The Bertz CT molecular complexity index is 751. The van der Waals surface area contributed by atoms with Gasteiger partial charge in [0, 0.05) is 0 Å². The number of carbonyl (C=O) groups excluding carboxylic acids is 2. The minimum absolute atomic E-state index is 0.196. The highest BCUT2D eigenvalue weighted by atomic mass is 16.3. The molecule has 0 aliphatic carbocycles. The van der Waals surface area contributed by atoms with Gasteiger partial charge in [0.05, 0.1) is 35.3 Å². The molecule has 0 bridgehead atoms. The first-order valence-electron chi connectivity index (χ1n) is 8.42. The van der Waals surface area contributed by atoms with E-state index in [4.69, 9.17) is 0 Å². The Kier molecular flexibility index (Phi) is 6.09. The Labute approximate surface area is 147 Å². The summed E-state index contributed by atoms with van der Waals surface area (Å²) in [6.07, 6.45) is 0.608. The van der Waals surface area contributed by atoms with Crippen LogP contribution < -0.4 is 5.32 Å². The molecule has 1 atom stereocenters. The fourth-order valence-electron chi connectivity index (χ4n) is 2.90. The highest BCUT2D eigenvalue weighted by Crippen LogP contribution is 2.18. The molecule has 0 saturated heterocycles.